The number of ether oxygens (including phenoxy) is 1. The molecule has 4 heterocycles. The Bertz CT molecular complexity index is 1560. The first-order chi connectivity index (χ1) is 16.5. The zero-order chi connectivity index (χ0) is 25.0. The van der Waals surface area contributed by atoms with Crippen LogP contribution in [-0.4, -0.2) is 36.7 Å². The molecule has 0 saturated heterocycles. The van der Waals surface area contributed by atoms with Gasteiger partial charge in [-0.2, -0.15) is 22.0 Å². The number of hydrogen-bond donors (Lipinski definition) is 0. The lowest BCUT2D eigenvalue weighted by Crippen LogP contribution is -2.34. The number of pyridine rings is 2. The summed E-state index contributed by atoms with van der Waals surface area (Å²) in [6.45, 7) is 1.20. The predicted molar refractivity (Wildman–Crippen MR) is 110 cm³/mol. The number of aromatic nitrogens is 5. The third-order valence-electron chi connectivity index (χ3n) is 5.08. The third-order valence-corrected chi connectivity index (χ3v) is 5.08. The highest BCUT2D eigenvalue weighted by molar-refractivity contribution is 5.94. The van der Waals surface area contributed by atoms with Crippen LogP contribution in [0.3, 0.4) is 0 Å². The molecule has 13 heteroatoms. The van der Waals surface area contributed by atoms with E-state index < -0.39 is 23.8 Å². The summed E-state index contributed by atoms with van der Waals surface area (Å²) >= 11 is 0. The minimum Gasteiger partial charge on any atom is -0.427 e. The molecule has 0 fully saturated rings. The number of rotatable bonds is 4. The molecule has 0 N–H and O–H groups in total. The van der Waals surface area contributed by atoms with Crippen molar-refractivity contribution in [1.29, 1.82) is 0 Å². The summed E-state index contributed by atoms with van der Waals surface area (Å²) in [5, 5.41) is 7.55. The second-order valence-corrected chi connectivity index (χ2v) is 7.41. The van der Waals surface area contributed by atoms with Crippen LogP contribution in [0.15, 0.2) is 59.5 Å². The van der Waals surface area contributed by atoms with Crippen LogP contribution in [0.5, 0.6) is 5.75 Å². The van der Waals surface area contributed by atoms with Crippen LogP contribution in [0.2, 0.25) is 0 Å². The number of benzene rings is 1. The highest BCUT2D eigenvalue weighted by Crippen LogP contribution is 2.45. The van der Waals surface area contributed by atoms with Crippen molar-refractivity contribution in [2.24, 2.45) is 0 Å². The zero-order valence-corrected chi connectivity index (χ0v) is 17.5. The predicted octanol–water partition coefficient (Wildman–Crippen LogP) is 5.18. The standard InChI is InChI=1S/C22H12F5N5O3/c1-11(33)35-13-4-2-12(3-5-13)15-8-17(21(23,24)22(25,26)27)30-19-14(15)6-7-18-29-16(9-32(18)19)20-31-28-10-34-20/h2-10H,1H3. The first kappa shape index (κ1) is 22.4. The van der Waals surface area contributed by atoms with E-state index >= 15 is 0 Å². The smallest absolute Gasteiger partial charge is 0.427 e. The molecule has 0 spiro atoms. The van der Waals surface area contributed by atoms with Gasteiger partial charge in [-0.05, 0) is 41.5 Å². The molecule has 0 radical (unpaired) electrons. The molecule has 1 aromatic carbocycles. The van der Waals surface area contributed by atoms with Gasteiger partial charge in [0.15, 0.2) is 0 Å². The summed E-state index contributed by atoms with van der Waals surface area (Å²) in [5.74, 6) is -5.59. The minimum absolute atomic E-state index is 0.0277. The summed E-state index contributed by atoms with van der Waals surface area (Å²) in [4.78, 5) is 19.1. The van der Waals surface area contributed by atoms with Crippen molar-refractivity contribution in [1.82, 2.24) is 24.6 Å². The fourth-order valence-corrected chi connectivity index (χ4v) is 3.53. The molecule has 0 atom stereocenters. The Morgan fingerprint density at radius 3 is 2.40 bits per heavy atom. The van der Waals surface area contributed by atoms with Crippen molar-refractivity contribution in [2.45, 2.75) is 19.0 Å². The maximum Gasteiger partial charge on any atom is 0.459 e. The topological polar surface area (TPSA) is 95.4 Å². The van der Waals surface area contributed by atoms with E-state index in [0.717, 1.165) is 6.39 Å². The van der Waals surface area contributed by atoms with Crippen molar-refractivity contribution >= 4 is 22.6 Å². The third kappa shape index (κ3) is 3.84. The van der Waals surface area contributed by atoms with Crippen molar-refractivity contribution in [2.75, 3.05) is 0 Å². The number of hydrogen-bond acceptors (Lipinski definition) is 7. The lowest BCUT2D eigenvalue weighted by Gasteiger charge is -2.20. The first-order valence-electron chi connectivity index (χ1n) is 9.88. The van der Waals surface area contributed by atoms with E-state index in [1.165, 1.54) is 47.9 Å². The SMILES string of the molecule is CC(=O)Oc1ccc(-c2cc(C(F)(F)C(F)(F)F)nc3c2ccc2nc(-c4nnco4)cn23)cc1. The van der Waals surface area contributed by atoms with Crippen LogP contribution >= 0.6 is 0 Å². The van der Waals surface area contributed by atoms with Gasteiger partial charge in [-0.25, -0.2) is 9.97 Å². The molecule has 35 heavy (non-hydrogen) atoms. The highest BCUT2D eigenvalue weighted by Gasteiger charge is 2.60. The quantitative estimate of drug-likeness (QED) is 0.195. The van der Waals surface area contributed by atoms with Gasteiger partial charge in [-0.3, -0.25) is 9.20 Å². The van der Waals surface area contributed by atoms with Crippen LogP contribution in [0.4, 0.5) is 22.0 Å². The van der Waals surface area contributed by atoms with Crippen molar-refractivity contribution in [3.05, 3.63) is 60.7 Å². The van der Waals surface area contributed by atoms with Crippen molar-refractivity contribution in [3.8, 4) is 28.5 Å². The molecule has 0 aliphatic rings. The molecule has 4 aromatic heterocycles. The number of esters is 1. The summed E-state index contributed by atoms with van der Waals surface area (Å²) in [7, 11) is 0. The number of fused-ring (bicyclic) bond motifs is 3. The summed E-state index contributed by atoms with van der Waals surface area (Å²) in [6, 6.07) is 9.41. The van der Waals surface area contributed by atoms with Crippen molar-refractivity contribution in [3.63, 3.8) is 0 Å². The average Bonchev–Trinajstić information content (AvgIpc) is 3.47. The van der Waals surface area contributed by atoms with Gasteiger partial charge in [0.2, 0.25) is 6.39 Å². The Kier molecular flexibility index (Phi) is 5.00. The molecule has 0 saturated carbocycles. The van der Waals surface area contributed by atoms with Crippen LogP contribution in [0.1, 0.15) is 12.6 Å². The van der Waals surface area contributed by atoms with Gasteiger partial charge in [-0.15, -0.1) is 10.2 Å². The monoisotopic (exact) mass is 489 g/mol. The number of halogens is 5. The maximum atomic E-state index is 14.4. The van der Waals surface area contributed by atoms with E-state index in [4.69, 9.17) is 9.15 Å². The largest absolute Gasteiger partial charge is 0.459 e. The van der Waals surface area contributed by atoms with Crippen LogP contribution in [-0.2, 0) is 10.7 Å². The summed E-state index contributed by atoms with van der Waals surface area (Å²) in [6.07, 6.45) is -3.46. The van der Waals surface area contributed by atoms with E-state index in [2.05, 4.69) is 20.2 Å². The molecular weight excluding hydrogens is 477 g/mol. The Balaban J connectivity index is 1.78. The number of carbonyl (C=O) groups is 1. The summed E-state index contributed by atoms with van der Waals surface area (Å²) in [5.41, 5.74) is -0.945. The lowest BCUT2D eigenvalue weighted by molar-refractivity contribution is -0.290. The molecule has 0 unspecified atom stereocenters. The van der Waals surface area contributed by atoms with Crippen molar-refractivity contribution < 1.29 is 35.9 Å². The molecule has 178 valence electrons. The van der Waals surface area contributed by atoms with Gasteiger partial charge >= 0.3 is 18.1 Å². The molecule has 5 aromatic rings. The number of imidazole rings is 1. The molecule has 0 aliphatic heterocycles. The molecular formula is C22H12F5N5O3. The number of carbonyl (C=O) groups excluding carboxylic acids is 1. The average molecular weight is 489 g/mol. The van der Waals surface area contributed by atoms with Gasteiger partial charge < -0.3 is 9.15 Å². The van der Waals surface area contributed by atoms with Crippen LogP contribution < -0.4 is 4.74 Å². The van der Waals surface area contributed by atoms with Crippen LogP contribution in [0, 0.1) is 0 Å². The van der Waals surface area contributed by atoms with Crippen LogP contribution in [0.25, 0.3) is 39.4 Å². The van der Waals surface area contributed by atoms with Gasteiger partial charge in [0.1, 0.15) is 28.4 Å². The van der Waals surface area contributed by atoms with E-state index in [-0.39, 0.29) is 39.6 Å². The summed E-state index contributed by atoms with van der Waals surface area (Å²) < 4.78 is 79.9. The fourth-order valence-electron chi connectivity index (χ4n) is 3.53. The normalized spacial score (nSPS) is 12.4. The van der Waals surface area contributed by atoms with E-state index in [0.29, 0.717) is 11.6 Å². The number of alkyl halides is 5. The first-order valence-corrected chi connectivity index (χ1v) is 9.88. The van der Waals surface area contributed by atoms with Gasteiger partial charge in [-0.1, -0.05) is 12.1 Å². The highest BCUT2D eigenvalue weighted by atomic mass is 19.4. The zero-order valence-electron chi connectivity index (χ0n) is 17.5. The van der Waals surface area contributed by atoms with E-state index in [1.807, 2.05) is 0 Å². The Hall–Kier alpha value is -4.42. The second-order valence-electron chi connectivity index (χ2n) is 7.41. The minimum atomic E-state index is -5.87. The molecule has 0 bridgehead atoms. The number of nitrogens with zero attached hydrogens (tertiary/aromatic N) is 5. The van der Waals surface area contributed by atoms with E-state index in [9.17, 15) is 26.7 Å². The fraction of sp³-hybridized carbons (Fsp3) is 0.136. The van der Waals surface area contributed by atoms with Gasteiger partial charge in [0, 0.05) is 18.5 Å². The Labute approximate surface area is 192 Å². The van der Waals surface area contributed by atoms with Gasteiger partial charge in [0.25, 0.3) is 5.89 Å². The molecule has 0 amide bonds. The Morgan fingerprint density at radius 1 is 1.03 bits per heavy atom. The molecule has 8 nitrogen and oxygen atoms in total. The van der Waals surface area contributed by atoms with Gasteiger partial charge in [0.05, 0.1) is 0 Å². The lowest BCUT2D eigenvalue weighted by atomic mass is 10.00. The molecule has 5 rings (SSSR count). The van der Waals surface area contributed by atoms with E-state index in [1.54, 1.807) is 6.07 Å². The Morgan fingerprint density at radius 2 is 1.77 bits per heavy atom. The second kappa shape index (κ2) is 7.82. The molecule has 0 aliphatic carbocycles. The maximum absolute atomic E-state index is 14.4.